The minimum absolute atomic E-state index is 0. The van der Waals surface area contributed by atoms with Crippen LogP contribution in [0.15, 0.2) is 60.7 Å². The van der Waals surface area contributed by atoms with E-state index in [2.05, 4.69) is 111 Å². The van der Waals surface area contributed by atoms with Gasteiger partial charge in [0.2, 0.25) is 0 Å². The SMILES string of the molecule is CNc1ccc(C)c(-c2ccc(N(C)C)cc2)c1-c1ccc(N(C)C)cc1.Cl. The molecule has 148 valence electrons. The third kappa shape index (κ3) is 4.26. The summed E-state index contributed by atoms with van der Waals surface area (Å²) in [5, 5.41) is 3.38. The molecular weight excluding hydrogens is 366 g/mol. The Bertz CT molecular complexity index is 914. The summed E-state index contributed by atoms with van der Waals surface area (Å²) in [6.07, 6.45) is 0. The van der Waals surface area contributed by atoms with Gasteiger partial charge in [-0.05, 0) is 59.5 Å². The summed E-state index contributed by atoms with van der Waals surface area (Å²) in [6.45, 7) is 2.19. The molecule has 3 aromatic carbocycles. The van der Waals surface area contributed by atoms with Crippen LogP contribution in [0.5, 0.6) is 0 Å². The number of hydrogen-bond acceptors (Lipinski definition) is 3. The Kier molecular flexibility index (Phi) is 6.98. The molecule has 28 heavy (non-hydrogen) atoms. The molecule has 3 aromatic rings. The van der Waals surface area contributed by atoms with Crippen LogP contribution in [-0.2, 0) is 0 Å². The molecule has 0 bridgehead atoms. The summed E-state index contributed by atoms with van der Waals surface area (Å²) in [5.74, 6) is 0. The van der Waals surface area contributed by atoms with Gasteiger partial charge in [0, 0.05) is 57.9 Å². The molecule has 0 aliphatic heterocycles. The third-order valence-electron chi connectivity index (χ3n) is 5.03. The quantitative estimate of drug-likeness (QED) is 0.578. The zero-order chi connectivity index (χ0) is 19.6. The second kappa shape index (κ2) is 9.03. The Morgan fingerprint density at radius 1 is 0.607 bits per heavy atom. The van der Waals surface area contributed by atoms with E-state index in [0.29, 0.717) is 0 Å². The Morgan fingerprint density at radius 3 is 1.43 bits per heavy atom. The van der Waals surface area contributed by atoms with E-state index >= 15 is 0 Å². The zero-order valence-electron chi connectivity index (χ0n) is 17.6. The number of rotatable bonds is 5. The van der Waals surface area contributed by atoms with Crippen LogP contribution in [0.2, 0.25) is 0 Å². The van der Waals surface area contributed by atoms with E-state index in [9.17, 15) is 0 Å². The lowest BCUT2D eigenvalue weighted by Crippen LogP contribution is -2.08. The maximum Gasteiger partial charge on any atom is 0.0423 e. The molecule has 4 heteroatoms. The predicted molar refractivity (Wildman–Crippen MR) is 127 cm³/mol. The van der Waals surface area contributed by atoms with Gasteiger partial charge >= 0.3 is 0 Å². The first kappa shape index (κ1) is 21.6. The van der Waals surface area contributed by atoms with Crippen molar-refractivity contribution in [2.75, 3.05) is 50.4 Å². The lowest BCUT2D eigenvalue weighted by Gasteiger charge is -2.20. The van der Waals surface area contributed by atoms with Gasteiger partial charge in [-0.1, -0.05) is 30.3 Å². The molecule has 0 atom stereocenters. The van der Waals surface area contributed by atoms with Crippen LogP contribution in [0, 0.1) is 6.92 Å². The van der Waals surface area contributed by atoms with Crippen molar-refractivity contribution in [1.82, 2.24) is 0 Å². The highest BCUT2D eigenvalue weighted by Gasteiger charge is 2.15. The molecule has 0 saturated carbocycles. The van der Waals surface area contributed by atoms with E-state index < -0.39 is 0 Å². The number of nitrogens with one attached hydrogen (secondary N) is 1. The lowest BCUT2D eigenvalue weighted by atomic mass is 9.89. The molecule has 0 heterocycles. The van der Waals surface area contributed by atoms with Crippen LogP contribution < -0.4 is 15.1 Å². The Balaban J connectivity index is 0.00000280. The predicted octanol–water partition coefficient (Wildman–Crippen LogP) is 5.92. The van der Waals surface area contributed by atoms with Crippen molar-refractivity contribution in [1.29, 1.82) is 0 Å². The summed E-state index contributed by atoms with van der Waals surface area (Å²) in [6, 6.07) is 21.9. The average Bonchev–Trinajstić information content (AvgIpc) is 2.68. The van der Waals surface area contributed by atoms with Crippen molar-refractivity contribution < 1.29 is 0 Å². The molecule has 3 nitrogen and oxygen atoms in total. The molecule has 0 amide bonds. The Hall–Kier alpha value is -2.65. The number of halogens is 1. The summed E-state index contributed by atoms with van der Waals surface area (Å²) >= 11 is 0. The van der Waals surface area contributed by atoms with Crippen LogP contribution >= 0.6 is 12.4 Å². The number of aryl methyl sites for hydroxylation is 1. The van der Waals surface area contributed by atoms with Gasteiger partial charge in [0.25, 0.3) is 0 Å². The fraction of sp³-hybridized carbons (Fsp3) is 0.250. The van der Waals surface area contributed by atoms with Gasteiger partial charge in [0.1, 0.15) is 0 Å². The minimum Gasteiger partial charge on any atom is -0.388 e. The molecule has 0 aliphatic rings. The highest BCUT2D eigenvalue weighted by Crippen LogP contribution is 2.40. The van der Waals surface area contributed by atoms with Crippen molar-refractivity contribution in [2.45, 2.75) is 6.92 Å². The van der Waals surface area contributed by atoms with E-state index in [1.54, 1.807) is 0 Å². The number of anilines is 3. The zero-order valence-corrected chi connectivity index (χ0v) is 18.4. The van der Waals surface area contributed by atoms with Crippen LogP contribution in [0.3, 0.4) is 0 Å². The smallest absolute Gasteiger partial charge is 0.0423 e. The van der Waals surface area contributed by atoms with Gasteiger partial charge in [-0.3, -0.25) is 0 Å². The van der Waals surface area contributed by atoms with E-state index in [4.69, 9.17) is 0 Å². The topological polar surface area (TPSA) is 18.5 Å². The van der Waals surface area contributed by atoms with Gasteiger partial charge in [-0.2, -0.15) is 0 Å². The standard InChI is InChI=1S/C24H29N3.ClH/c1-17-7-16-22(25-2)24(19-10-14-21(15-11-19)27(5)6)23(17)18-8-12-20(13-9-18)26(3)4;/h7-16,25H,1-6H3;1H. The minimum atomic E-state index is 0. The molecule has 0 fully saturated rings. The van der Waals surface area contributed by atoms with E-state index in [1.807, 2.05) is 7.05 Å². The highest BCUT2D eigenvalue weighted by atomic mass is 35.5. The van der Waals surface area contributed by atoms with Crippen LogP contribution in [0.1, 0.15) is 5.56 Å². The summed E-state index contributed by atoms with van der Waals surface area (Å²) in [7, 11) is 10.3. The van der Waals surface area contributed by atoms with Gasteiger partial charge in [0.05, 0.1) is 0 Å². The molecule has 0 aliphatic carbocycles. The third-order valence-corrected chi connectivity index (χ3v) is 5.03. The van der Waals surface area contributed by atoms with Gasteiger partial charge < -0.3 is 15.1 Å². The first-order chi connectivity index (χ1) is 12.9. The highest BCUT2D eigenvalue weighted by molar-refractivity contribution is 5.94. The molecular formula is C24H30ClN3. The van der Waals surface area contributed by atoms with Crippen molar-refractivity contribution >= 4 is 29.5 Å². The number of nitrogens with zero attached hydrogens (tertiary/aromatic N) is 2. The maximum absolute atomic E-state index is 3.38. The molecule has 0 unspecified atom stereocenters. The Morgan fingerprint density at radius 2 is 1.04 bits per heavy atom. The van der Waals surface area contributed by atoms with Gasteiger partial charge in [-0.15, -0.1) is 12.4 Å². The lowest BCUT2D eigenvalue weighted by molar-refractivity contribution is 1.13. The average molecular weight is 396 g/mol. The van der Waals surface area contributed by atoms with Crippen LogP contribution in [-0.4, -0.2) is 35.2 Å². The fourth-order valence-electron chi connectivity index (χ4n) is 3.44. The number of hydrogen-bond donors (Lipinski definition) is 1. The van der Waals surface area contributed by atoms with E-state index in [0.717, 1.165) is 5.69 Å². The maximum atomic E-state index is 3.38. The molecule has 0 aromatic heterocycles. The molecule has 0 spiro atoms. The number of benzene rings is 3. The van der Waals surface area contributed by atoms with Crippen molar-refractivity contribution in [3.05, 3.63) is 66.2 Å². The largest absolute Gasteiger partial charge is 0.388 e. The first-order valence-electron chi connectivity index (χ1n) is 9.29. The monoisotopic (exact) mass is 395 g/mol. The Labute approximate surface area is 175 Å². The first-order valence-corrected chi connectivity index (χ1v) is 9.29. The normalized spacial score (nSPS) is 10.2. The molecule has 0 saturated heterocycles. The van der Waals surface area contributed by atoms with Gasteiger partial charge in [-0.25, -0.2) is 0 Å². The fourth-order valence-corrected chi connectivity index (χ4v) is 3.44. The summed E-state index contributed by atoms with van der Waals surface area (Å²) in [5.41, 5.74) is 9.82. The molecule has 1 N–H and O–H groups in total. The second-order valence-corrected chi connectivity index (χ2v) is 7.31. The van der Waals surface area contributed by atoms with Crippen molar-refractivity contribution in [3.63, 3.8) is 0 Å². The van der Waals surface area contributed by atoms with E-state index in [1.165, 1.54) is 39.2 Å². The van der Waals surface area contributed by atoms with Gasteiger partial charge in [0.15, 0.2) is 0 Å². The summed E-state index contributed by atoms with van der Waals surface area (Å²) in [4.78, 5) is 4.25. The van der Waals surface area contributed by atoms with Crippen molar-refractivity contribution in [3.8, 4) is 22.3 Å². The molecule has 0 radical (unpaired) electrons. The van der Waals surface area contributed by atoms with Crippen LogP contribution in [0.25, 0.3) is 22.3 Å². The molecule has 3 rings (SSSR count). The second-order valence-electron chi connectivity index (χ2n) is 7.31. The van der Waals surface area contributed by atoms with Crippen molar-refractivity contribution in [2.24, 2.45) is 0 Å². The van der Waals surface area contributed by atoms with E-state index in [-0.39, 0.29) is 12.4 Å². The van der Waals surface area contributed by atoms with Crippen LogP contribution in [0.4, 0.5) is 17.1 Å². The summed E-state index contributed by atoms with van der Waals surface area (Å²) < 4.78 is 0.